The molecule has 9 atom stereocenters. The minimum absolute atomic E-state index is 0.154. The highest BCUT2D eigenvalue weighted by Gasteiger charge is 2.60. The van der Waals surface area contributed by atoms with Gasteiger partial charge in [-0.3, -0.25) is 4.79 Å². The lowest BCUT2D eigenvalue weighted by Gasteiger charge is -2.57. The molecule has 1 aromatic heterocycles. The van der Waals surface area contributed by atoms with Crippen LogP contribution in [0.1, 0.15) is 100 Å². The normalized spacial score (nSPS) is 44.2. The van der Waals surface area contributed by atoms with Crippen LogP contribution in [0.3, 0.4) is 0 Å². The number of likely N-dealkylation sites (tertiary alicyclic amines) is 1. The van der Waals surface area contributed by atoms with Crippen LogP contribution in [0.2, 0.25) is 0 Å². The summed E-state index contributed by atoms with van der Waals surface area (Å²) < 4.78 is 5.66. The van der Waals surface area contributed by atoms with Gasteiger partial charge in [0, 0.05) is 30.1 Å². The first-order chi connectivity index (χ1) is 17.3. The van der Waals surface area contributed by atoms with E-state index in [-0.39, 0.29) is 17.4 Å². The van der Waals surface area contributed by atoms with Gasteiger partial charge in [-0.25, -0.2) is 4.98 Å². The first kappa shape index (κ1) is 25.3. The summed E-state index contributed by atoms with van der Waals surface area (Å²) in [6.07, 6.45) is 14.5. The summed E-state index contributed by atoms with van der Waals surface area (Å²) in [6, 6.07) is 0.198. The zero-order chi connectivity index (χ0) is 25.1. The summed E-state index contributed by atoms with van der Waals surface area (Å²) in [7, 11) is 0. The van der Waals surface area contributed by atoms with Crippen molar-refractivity contribution in [1.29, 1.82) is 0 Å². The molecule has 36 heavy (non-hydrogen) atoms. The first-order valence-corrected chi connectivity index (χ1v) is 15.7. The molecule has 5 fully saturated rings. The number of aromatic nitrogens is 1. The second kappa shape index (κ2) is 9.64. The predicted octanol–water partition coefficient (Wildman–Crippen LogP) is 6.15. The Morgan fingerprint density at radius 3 is 2.75 bits per heavy atom. The largest absolute Gasteiger partial charge is 0.387 e. The average molecular weight is 515 g/mol. The fourth-order valence-electron chi connectivity index (χ4n) is 9.80. The maximum Gasteiger partial charge on any atom is 0.226 e. The molecule has 6 rings (SSSR count). The van der Waals surface area contributed by atoms with E-state index in [0.29, 0.717) is 31.0 Å². The smallest absolute Gasteiger partial charge is 0.226 e. The third kappa shape index (κ3) is 4.18. The van der Waals surface area contributed by atoms with E-state index in [1.54, 1.807) is 11.3 Å². The minimum atomic E-state index is -0.611. The van der Waals surface area contributed by atoms with Crippen molar-refractivity contribution in [1.82, 2.24) is 9.88 Å². The highest BCUT2D eigenvalue weighted by molar-refractivity contribution is 7.11. The van der Waals surface area contributed by atoms with Crippen LogP contribution >= 0.6 is 11.3 Å². The van der Waals surface area contributed by atoms with Crippen molar-refractivity contribution < 1.29 is 14.6 Å². The Balaban J connectivity index is 1.16. The van der Waals surface area contributed by atoms with E-state index < -0.39 is 5.60 Å². The number of carbonyl (C=O) groups is 1. The number of hydrogen-bond acceptors (Lipinski definition) is 5. The molecule has 1 N–H and O–H groups in total. The Bertz CT molecular complexity index is 966. The number of carbonyl (C=O) groups excluding carboxylic acids is 1. The van der Waals surface area contributed by atoms with E-state index in [1.807, 2.05) is 13.1 Å². The minimum Gasteiger partial charge on any atom is -0.387 e. The predicted molar refractivity (Wildman–Crippen MR) is 143 cm³/mol. The molecule has 1 amide bonds. The molecule has 1 aliphatic heterocycles. The molecule has 4 aliphatic carbocycles. The highest BCUT2D eigenvalue weighted by atomic mass is 32.1. The molecule has 0 radical (unpaired) electrons. The third-order valence-corrected chi connectivity index (χ3v) is 12.5. The van der Waals surface area contributed by atoms with Crippen LogP contribution in [0.5, 0.6) is 0 Å². The van der Waals surface area contributed by atoms with E-state index in [2.05, 4.69) is 23.7 Å². The maximum atomic E-state index is 14.1. The van der Waals surface area contributed by atoms with Crippen LogP contribution in [-0.4, -0.2) is 46.3 Å². The molecule has 200 valence electrons. The molecule has 6 heteroatoms. The van der Waals surface area contributed by atoms with E-state index in [1.165, 1.54) is 37.0 Å². The summed E-state index contributed by atoms with van der Waals surface area (Å²) in [6.45, 7) is 8.70. The van der Waals surface area contributed by atoms with Gasteiger partial charge in [-0.1, -0.05) is 6.92 Å². The van der Waals surface area contributed by atoms with Crippen molar-refractivity contribution in [3.05, 3.63) is 16.1 Å². The SMILES string of the molecule is CCOC[C@@]1(O)CC[C@H]2[C@H](CC[C@@H]3[C@@H]2CC[C@]2(C)[C@@H](C(=O)N4CCC[C@@H]4c4ncc(C)s4)CC[C@@H]32)C1. The second-order valence-corrected chi connectivity index (χ2v) is 14.5. The van der Waals surface area contributed by atoms with Crippen molar-refractivity contribution in [3.63, 3.8) is 0 Å². The van der Waals surface area contributed by atoms with Gasteiger partial charge in [-0.05, 0) is 119 Å². The summed E-state index contributed by atoms with van der Waals surface area (Å²) >= 11 is 1.77. The lowest BCUT2D eigenvalue weighted by Crippen LogP contribution is -2.53. The number of nitrogens with zero attached hydrogens (tertiary/aromatic N) is 2. The van der Waals surface area contributed by atoms with Gasteiger partial charge < -0.3 is 14.7 Å². The molecule has 5 aliphatic rings. The lowest BCUT2D eigenvalue weighted by atomic mass is 9.49. The maximum absolute atomic E-state index is 14.1. The molecule has 4 saturated carbocycles. The van der Waals surface area contributed by atoms with Crippen molar-refractivity contribution in [2.24, 2.45) is 40.9 Å². The van der Waals surface area contributed by atoms with Gasteiger partial charge in [0.15, 0.2) is 0 Å². The van der Waals surface area contributed by atoms with Crippen molar-refractivity contribution in [3.8, 4) is 0 Å². The van der Waals surface area contributed by atoms with Crippen LogP contribution in [0, 0.1) is 47.8 Å². The Kier molecular flexibility index (Phi) is 6.78. The van der Waals surface area contributed by atoms with E-state index in [9.17, 15) is 9.90 Å². The van der Waals surface area contributed by atoms with E-state index >= 15 is 0 Å². The molecule has 0 aromatic carbocycles. The number of hydrogen-bond donors (Lipinski definition) is 1. The fraction of sp³-hybridized carbons (Fsp3) is 0.867. The zero-order valence-corrected chi connectivity index (χ0v) is 23.4. The Hall–Kier alpha value is -0.980. The molecule has 0 unspecified atom stereocenters. The molecule has 0 spiro atoms. The second-order valence-electron chi connectivity index (χ2n) is 13.2. The van der Waals surface area contributed by atoms with Crippen molar-refractivity contribution in [2.75, 3.05) is 19.8 Å². The van der Waals surface area contributed by atoms with Gasteiger partial charge in [-0.15, -0.1) is 11.3 Å². The molecule has 1 saturated heterocycles. The average Bonchev–Trinajstić information content (AvgIpc) is 3.60. The molecule has 1 aromatic rings. The van der Waals surface area contributed by atoms with Crippen molar-refractivity contribution in [2.45, 2.75) is 103 Å². The van der Waals surface area contributed by atoms with Gasteiger partial charge >= 0.3 is 0 Å². The number of aliphatic hydroxyl groups is 1. The lowest BCUT2D eigenvalue weighted by molar-refractivity contribution is -0.147. The molecule has 5 nitrogen and oxygen atoms in total. The summed E-state index contributed by atoms with van der Waals surface area (Å²) in [5, 5.41) is 12.3. The number of amides is 1. The van der Waals surface area contributed by atoms with Crippen molar-refractivity contribution >= 4 is 17.2 Å². The standard InChI is InChI=1S/C30H46N2O3S/c1-4-35-18-30(34)14-12-21-20(16-30)7-8-23-22(21)11-13-29(3)24(23)9-10-25(29)28(33)32-15-5-6-26(32)27-31-17-19(2)36-27/h17,20-26,34H,4-16,18H2,1-3H3/t20-,21+,22-,23-,24+,25-,26-,29+,30-/m1/s1. The van der Waals surface area contributed by atoms with E-state index in [0.717, 1.165) is 67.8 Å². The van der Waals surface area contributed by atoms with E-state index in [4.69, 9.17) is 4.74 Å². The fourth-order valence-corrected chi connectivity index (χ4v) is 10.7. The Labute approximate surface area is 221 Å². The number of ether oxygens (including phenoxy) is 1. The van der Waals surface area contributed by atoms with Crippen LogP contribution in [0.25, 0.3) is 0 Å². The number of fused-ring (bicyclic) bond motifs is 5. The molecular weight excluding hydrogens is 468 g/mol. The van der Waals surface area contributed by atoms with Crippen LogP contribution in [0.15, 0.2) is 6.20 Å². The van der Waals surface area contributed by atoms with Crippen LogP contribution < -0.4 is 0 Å². The summed E-state index contributed by atoms with van der Waals surface area (Å²) in [5.41, 5.74) is -0.457. The van der Waals surface area contributed by atoms with Gasteiger partial charge in [0.05, 0.1) is 18.2 Å². The third-order valence-electron chi connectivity index (χ3n) is 11.4. The number of thiazole rings is 1. The Morgan fingerprint density at radius 2 is 1.97 bits per heavy atom. The summed E-state index contributed by atoms with van der Waals surface area (Å²) in [4.78, 5) is 22.2. The number of aryl methyl sites for hydroxylation is 1. The quantitative estimate of drug-likeness (QED) is 0.512. The molecule has 0 bridgehead atoms. The molecular formula is C30H46N2O3S. The zero-order valence-electron chi connectivity index (χ0n) is 22.6. The van der Waals surface area contributed by atoms with Crippen LogP contribution in [0.4, 0.5) is 0 Å². The summed E-state index contributed by atoms with van der Waals surface area (Å²) in [5.74, 6) is 4.30. The monoisotopic (exact) mass is 514 g/mol. The topological polar surface area (TPSA) is 62.7 Å². The first-order valence-electron chi connectivity index (χ1n) is 14.9. The van der Waals surface area contributed by atoms with Gasteiger partial charge in [0.25, 0.3) is 0 Å². The molecule has 2 heterocycles. The highest BCUT2D eigenvalue weighted by Crippen LogP contribution is 2.65. The Morgan fingerprint density at radius 1 is 1.14 bits per heavy atom. The number of rotatable bonds is 5. The van der Waals surface area contributed by atoms with Gasteiger partial charge in [0.1, 0.15) is 5.01 Å². The van der Waals surface area contributed by atoms with Crippen LogP contribution in [-0.2, 0) is 9.53 Å². The van der Waals surface area contributed by atoms with Gasteiger partial charge in [0.2, 0.25) is 5.91 Å². The van der Waals surface area contributed by atoms with Gasteiger partial charge in [-0.2, -0.15) is 0 Å².